The van der Waals surface area contributed by atoms with E-state index >= 15 is 0 Å². The van der Waals surface area contributed by atoms with E-state index < -0.39 is 11.9 Å². The van der Waals surface area contributed by atoms with Gasteiger partial charge in [-0.15, -0.1) is 0 Å². The van der Waals surface area contributed by atoms with Gasteiger partial charge in [-0.3, -0.25) is 14.2 Å². The molecule has 1 aromatic heterocycles. The van der Waals surface area contributed by atoms with E-state index in [1.807, 2.05) is 55.5 Å². The van der Waals surface area contributed by atoms with Gasteiger partial charge >= 0.3 is 0 Å². The van der Waals surface area contributed by atoms with Crippen LogP contribution in [-0.4, -0.2) is 20.4 Å². The highest BCUT2D eigenvalue weighted by molar-refractivity contribution is 9.10. The Morgan fingerprint density at radius 2 is 1.57 bits per heavy atom. The van der Waals surface area contributed by atoms with Gasteiger partial charge in [0.05, 0.1) is 22.6 Å². The van der Waals surface area contributed by atoms with Gasteiger partial charge in [-0.05, 0) is 73.2 Å². The van der Waals surface area contributed by atoms with Gasteiger partial charge in [0.1, 0.15) is 11.6 Å². The lowest BCUT2D eigenvalue weighted by atomic mass is 10.1. The fraction of sp³-hybridized carbons (Fsp3) is 0.100. The van der Waals surface area contributed by atoms with E-state index in [1.54, 1.807) is 47.4 Å². The number of carbonyl (C=O) groups is 1. The van der Waals surface area contributed by atoms with Crippen LogP contribution in [0, 0.1) is 5.82 Å². The molecule has 5 rings (SSSR count). The molecule has 4 aromatic carbocycles. The first-order valence-corrected chi connectivity index (χ1v) is 12.6. The molecule has 0 spiro atoms. The number of hydrogen-bond acceptors (Lipinski definition) is 3. The first-order valence-electron chi connectivity index (χ1n) is 11.8. The summed E-state index contributed by atoms with van der Waals surface area (Å²) in [5, 5.41) is 0.441. The molecule has 0 bridgehead atoms. The van der Waals surface area contributed by atoms with Gasteiger partial charge in [-0.2, -0.15) is 0 Å². The van der Waals surface area contributed by atoms with Crippen LogP contribution < -0.4 is 5.56 Å². The van der Waals surface area contributed by atoms with Gasteiger partial charge in [0, 0.05) is 16.6 Å². The molecule has 0 saturated carbocycles. The molecule has 5 nitrogen and oxygen atoms in total. The monoisotopic (exact) mass is 555 g/mol. The Hall–Kier alpha value is -4.10. The molecule has 0 N–H and O–H groups in total. The van der Waals surface area contributed by atoms with E-state index in [9.17, 15) is 14.0 Å². The number of hydrogen-bond donors (Lipinski definition) is 0. The van der Waals surface area contributed by atoms with Gasteiger partial charge in [0.15, 0.2) is 0 Å². The third-order valence-corrected chi connectivity index (χ3v) is 6.80. The summed E-state index contributed by atoms with van der Waals surface area (Å²) >= 11 is 3.42. The summed E-state index contributed by atoms with van der Waals surface area (Å²) < 4.78 is 16.1. The van der Waals surface area contributed by atoms with Gasteiger partial charge < -0.3 is 4.90 Å². The van der Waals surface area contributed by atoms with E-state index in [4.69, 9.17) is 4.98 Å². The molecule has 37 heavy (non-hydrogen) atoms. The van der Waals surface area contributed by atoms with E-state index in [2.05, 4.69) is 15.9 Å². The summed E-state index contributed by atoms with van der Waals surface area (Å²) in [6.45, 7) is 2.17. The van der Waals surface area contributed by atoms with Crippen molar-refractivity contribution in [3.8, 4) is 5.69 Å². The zero-order valence-electron chi connectivity index (χ0n) is 20.0. The number of benzene rings is 4. The van der Waals surface area contributed by atoms with Crippen molar-refractivity contribution in [1.29, 1.82) is 0 Å². The second kappa shape index (κ2) is 10.5. The minimum Gasteiger partial charge on any atom is -0.324 e. The Kier molecular flexibility index (Phi) is 6.97. The van der Waals surface area contributed by atoms with Gasteiger partial charge in [-0.25, -0.2) is 9.37 Å². The predicted molar refractivity (Wildman–Crippen MR) is 146 cm³/mol. The molecule has 1 atom stereocenters. The number of nitrogens with zero attached hydrogens (tertiary/aromatic N) is 3. The number of aromatic nitrogens is 2. The maximum atomic E-state index is 13.9. The summed E-state index contributed by atoms with van der Waals surface area (Å²) in [5.74, 6) is -0.218. The second-order valence-corrected chi connectivity index (χ2v) is 9.62. The number of halogens is 2. The smallest absolute Gasteiger partial charge is 0.266 e. The van der Waals surface area contributed by atoms with Gasteiger partial charge in [0.2, 0.25) is 0 Å². The van der Waals surface area contributed by atoms with Crippen molar-refractivity contribution in [3.05, 3.63) is 141 Å². The zero-order chi connectivity index (χ0) is 25.9. The highest BCUT2D eigenvalue weighted by atomic mass is 79.9. The highest BCUT2D eigenvalue weighted by Crippen LogP contribution is 2.27. The molecule has 184 valence electrons. The van der Waals surface area contributed by atoms with E-state index in [1.165, 1.54) is 16.7 Å². The molecule has 1 heterocycles. The number of para-hydroxylation sites is 1. The van der Waals surface area contributed by atoms with Crippen LogP contribution >= 0.6 is 15.9 Å². The molecule has 0 fully saturated rings. The summed E-state index contributed by atoms with van der Waals surface area (Å²) in [6.07, 6.45) is 0. The SMILES string of the molecule is CC(c1nc2ccccc2c(=O)n1-c1ccc(F)cc1)N(Cc1ccccc1)C(=O)c1ccc(Br)cc1. The molecular weight excluding hydrogens is 533 g/mol. The number of carbonyl (C=O) groups excluding carboxylic acids is 1. The first kappa shape index (κ1) is 24.6. The van der Waals surface area contributed by atoms with Crippen LogP contribution in [0.5, 0.6) is 0 Å². The Bertz CT molecular complexity index is 1620. The predicted octanol–water partition coefficient (Wildman–Crippen LogP) is 6.69. The van der Waals surface area contributed by atoms with Crippen molar-refractivity contribution >= 4 is 32.7 Å². The Labute approximate surface area is 222 Å². The molecule has 1 amide bonds. The third-order valence-electron chi connectivity index (χ3n) is 6.28. The minimum absolute atomic E-state index is 0.197. The Morgan fingerprint density at radius 1 is 0.919 bits per heavy atom. The molecular formula is C30H23BrFN3O2. The van der Waals surface area contributed by atoms with E-state index in [0.29, 0.717) is 34.5 Å². The van der Waals surface area contributed by atoms with Gasteiger partial charge in [0.25, 0.3) is 11.5 Å². The molecule has 0 aliphatic carbocycles. The van der Waals surface area contributed by atoms with Crippen LogP contribution in [-0.2, 0) is 6.54 Å². The lowest BCUT2D eigenvalue weighted by Crippen LogP contribution is -2.37. The topological polar surface area (TPSA) is 55.2 Å². The summed E-state index contributed by atoms with van der Waals surface area (Å²) in [4.78, 5) is 34.1. The van der Waals surface area contributed by atoms with Crippen molar-refractivity contribution in [3.63, 3.8) is 0 Å². The third kappa shape index (κ3) is 5.08. The Morgan fingerprint density at radius 3 is 2.27 bits per heavy atom. The van der Waals surface area contributed by atoms with Crippen molar-refractivity contribution in [1.82, 2.24) is 14.5 Å². The van der Waals surface area contributed by atoms with Crippen LogP contribution in [0.2, 0.25) is 0 Å². The van der Waals surface area contributed by atoms with Crippen LogP contribution in [0.4, 0.5) is 4.39 Å². The van der Waals surface area contributed by atoms with Gasteiger partial charge in [-0.1, -0.05) is 58.4 Å². The second-order valence-electron chi connectivity index (χ2n) is 8.71. The lowest BCUT2D eigenvalue weighted by Gasteiger charge is -2.31. The molecule has 1 unspecified atom stereocenters. The average molecular weight is 556 g/mol. The maximum Gasteiger partial charge on any atom is 0.266 e. The standard InChI is InChI=1S/C30H23BrFN3O2/c1-20(34(19-21-7-3-2-4-8-21)29(36)22-11-13-23(31)14-12-22)28-33-27-10-6-5-9-26(27)30(37)35(28)25-17-15-24(32)16-18-25/h2-18,20H,19H2,1H3. The minimum atomic E-state index is -0.598. The normalized spacial score (nSPS) is 11.9. The van der Waals surface area contributed by atoms with Crippen molar-refractivity contribution in [2.24, 2.45) is 0 Å². The summed E-state index contributed by atoms with van der Waals surface area (Å²) in [7, 11) is 0. The van der Waals surface area contributed by atoms with Crippen LogP contribution in [0.25, 0.3) is 16.6 Å². The lowest BCUT2D eigenvalue weighted by molar-refractivity contribution is 0.0664. The van der Waals surface area contributed by atoms with Crippen molar-refractivity contribution in [2.45, 2.75) is 19.5 Å². The summed E-state index contributed by atoms with van der Waals surface area (Å²) in [5.41, 5.74) is 2.18. The molecule has 0 radical (unpaired) electrons. The van der Waals surface area contributed by atoms with E-state index in [-0.39, 0.29) is 11.5 Å². The highest BCUT2D eigenvalue weighted by Gasteiger charge is 2.28. The zero-order valence-corrected chi connectivity index (χ0v) is 21.6. The quantitative estimate of drug-likeness (QED) is 0.234. The molecule has 0 aliphatic rings. The molecule has 0 saturated heterocycles. The van der Waals surface area contributed by atoms with Crippen LogP contribution in [0.15, 0.2) is 112 Å². The molecule has 7 heteroatoms. The largest absolute Gasteiger partial charge is 0.324 e. The van der Waals surface area contributed by atoms with Crippen molar-refractivity contribution in [2.75, 3.05) is 0 Å². The molecule has 0 aliphatic heterocycles. The van der Waals surface area contributed by atoms with Crippen molar-refractivity contribution < 1.29 is 9.18 Å². The number of rotatable bonds is 6. The maximum absolute atomic E-state index is 13.9. The Balaban J connectivity index is 1.69. The summed E-state index contributed by atoms with van der Waals surface area (Å²) in [6, 6.07) is 29.0. The van der Waals surface area contributed by atoms with Crippen LogP contribution in [0.1, 0.15) is 34.7 Å². The fourth-order valence-corrected chi connectivity index (χ4v) is 4.60. The van der Waals surface area contributed by atoms with E-state index in [0.717, 1.165) is 10.0 Å². The average Bonchev–Trinajstić information content (AvgIpc) is 2.92. The van der Waals surface area contributed by atoms with Crippen LogP contribution in [0.3, 0.4) is 0 Å². The molecule has 5 aromatic rings. The number of fused-ring (bicyclic) bond motifs is 1. The fourth-order valence-electron chi connectivity index (χ4n) is 4.33. The number of amides is 1. The first-order chi connectivity index (χ1) is 17.9.